The molecule has 1 N–H and O–H groups in total. The molecule has 0 atom stereocenters. The van der Waals surface area contributed by atoms with E-state index in [-0.39, 0.29) is 11.9 Å². The number of carbonyl (C=O) groups is 2. The lowest BCUT2D eigenvalue weighted by molar-refractivity contribution is -0.115. The van der Waals surface area contributed by atoms with Gasteiger partial charge < -0.3 is 15.0 Å². The molecule has 0 spiro atoms. The molecule has 1 amide bonds. The van der Waals surface area contributed by atoms with Gasteiger partial charge in [-0.25, -0.2) is 4.79 Å². The van der Waals surface area contributed by atoms with Crippen LogP contribution in [0.3, 0.4) is 0 Å². The zero-order chi connectivity index (χ0) is 19.4. The summed E-state index contributed by atoms with van der Waals surface area (Å²) in [6.07, 6.45) is 1.19. The number of methoxy groups -OCH3 is 1. The van der Waals surface area contributed by atoms with Gasteiger partial charge in [-0.3, -0.25) is 4.79 Å². The van der Waals surface area contributed by atoms with Gasteiger partial charge in [-0.15, -0.1) is 23.1 Å². The first kappa shape index (κ1) is 19.9. The van der Waals surface area contributed by atoms with E-state index in [0.29, 0.717) is 22.7 Å². The fourth-order valence-corrected chi connectivity index (χ4v) is 5.21. The maximum atomic E-state index is 12.4. The number of ether oxygens (including phenoxy) is 1. The number of thioether (sulfide) groups is 1. The number of rotatable bonds is 6. The number of fused-ring (bicyclic) bond motifs is 1. The Bertz CT molecular complexity index is 830. The Morgan fingerprint density at radius 1 is 1.30 bits per heavy atom. The van der Waals surface area contributed by atoms with Crippen molar-refractivity contribution in [2.45, 2.75) is 31.2 Å². The molecule has 0 bridgehead atoms. The Kier molecular flexibility index (Phi) is 6.57. The number of thiophene rings is 1. The van der Waals surface area contributed by atoms with E-state index in [2.05, 4.69) is 48.5 Å². The molecule has 0 aliphatic carbocycles. The lowest BCUT2D eigenvalue weighted by Gasteiger charge is -2.22. The van der Waals surface area contributed by atoms with Crippen LogP contribution < -0.4 is 5.32 Å². The molecule has 1 aromatic carbocycles. The number of hydrogen-bond donors (Lipinski definition) is 1. The highest BCUT2D eigenvalue weighted by atomic mass is 32.2. The summed E-state index contributed by atoms with van der Waals surface area (Å²) in [5, 5.41) is 3.56. The van der Waals surface area contributed by atoms with E-state index < -0.39 is 0 Å². The number of nitrogens with one attached hydrogen (secondary N) is 1. The number of benzene rings is 1. The van der Waals surface area contributed by atoms with Crippen molar-refractivity contribution < 1.29 is 14.3 Å². The molecular weight excluding hydrogens is 380 g/mol. The van der Waals surface area contributed by atoms with Crippen molar-refractivity contribution in [3.63, 3.8) is 0 Å². The van der Waals surface area contributed by atoms with Gasteiger partial charge in [0.2, 0.25) is 5.91 Å². The zero-order valence-electron chi connectivity index (χ0n) is 15.8. The Labute approximate surface area is 168 Å². The Hall–Kier alpha value is -1.83. The number of likely N-dealkylation sites (N-methyl/N-ethyl adjacent to an activating group) is 1. The third-order valence-corrected chi connectivity index (χ3v) is 6.65. The van der Waals surface area contributed by atoms with E-state index in [1.807, 2.05) is 0 Å². The summed E-state index contributed by atoms with van der Waals surface area (Å²) in [4.78, 5) is 29.2. The molecule has 144 valence electrons. The van der Waals surface area contributed by atoms with Gasteiger partial charge in [0, 0.05) is 35.0 Å². The van der Waals surface area contributed by atoms with Crippen LogP contribution >= 0.6 is 23.1 Å². The quantitative estimate of drug-likeness (QED) is 0.583. The maximum absolute atomic E-state index is 12.4. The highest BCUT2D eigenvalue weighted by Gasteiger charge is 2.28. The normalized spacial score (nSPS) is 13.9. The number of hydrogen-bond acceptors (Lipinski definition) is 6. The van der Waals surface area contributed by atoms with Gasteiger partial charge in [0.25, 0.3) is 0 Å². The molecule has 0 fully saturated rings. The van der Waals surface area contributed by atoms with E-state index in [1.165, 1.54) is 24.0 Å². The molecule has 2 aromatic rings. The molecule has 0 saturated carbocycles. The third-order valence-electron chi connectivity index (χ3n) is 4.51. The van der Waals surface area contributed by atoms with Crippen LogP contribution in [0.25, 0.3) is 0 Å². The number of nitrogens with zero attached hydrogens (tertiary/aromatic N) is 1. The molecular formula is C20H24N2O3S2. The van der Waals surface area contributed by atoms with Gasteiger partial charge in [-0.1, -0.05) is 17.7 Å². The Morgan fingerprint density at radius 2 is 2.04 bits per heavy atom. The van der Waals surface area contributed by atoms with E-state index in [1.54, 1.807) is 11.8 Å². The van der Waals surface area contributed by atoms with Crippen LogP contribution in [-0.2, 0) is 22.5 Å². The summed E-state index contributed by atoms with van der Waals surface area (Å²) in [6.45, 7) is 3.75. The largest absolute Gasteiger partial charge is 0.465 e. The number of aryl methyl sites for hydroxylation is 1. The van der Waals surface area contributed by atoms with Crippen LogP contribution in [0, 0.1) is 6.92 Å². The van der Waals surface area contributed by atoms with E-state index in [0.717, 1.165) is 34.8 Å². The van der Waals surface area contributed by atoms with Crippen molar-refractivity contribution in [1.82, 2.24) is 4.90 Å². The van der Waals surface area contributed by atoms with Crippen LogP contribution in [0.4, 0.5) is 5.00 Å². The van der Waals surface area contributed by atoms with Crippen molar-refractivity contribution in [3.8, 4) is 0 Å². The minimum atomic E-state index is -0.374. The van der Waals surface area contributed by atoms with E-state index in [4.69, 9.17) is 4.74 Å². The van der Waals surface area contributed by atoms with Gasteiger partial charge in [0.05, 0.1) is 12.7 Å². The highest BCUT2D eigenvalue weighted by Crippen LogP contribution is 2.37. The van der Waals surface area contributed by atoms with Gasteiger partial charge in [-0.2, -0.15) is 0 Å². The fourth-order valence-electron chi connectivity index (χ4n) is 3.02. The first-order valence-electron chi connectivity index (χ1n) is 8.88. The smallest absolute Gasteiger partial charge is 0.341 e. The maximum Gasteiger partial charge on any atom is 0.341 e. The van der Waals surface area contributed by atoms with Gasteiger partial charge in [-0.05, 0) is 38.1 Å². The second-order valence-electron chi connectivity index (χ2n) is 6.65. The van der Waals surface area contributed by atoms with Crippen molar-refractivity contribution in [2.75, 3.05) is 31.8 Å². The van der Waals surface area contributed by atoms with Crippen LogP contribution in [0.15, 0.2) is 29.2 Å². The highest BCUT2D eigenvalue weighted by molar-refractivity contribution is 7.99. The van der Waals surface area contributed by atoms with Crippen LogP contribution in [0.5, 0.6) is 0 Å². The molecule has 27 heavy (non-hydrogen) atoms. The van der Waals surface area contributed by atoms with E-state index in [9.17, 15) is 9.59 Å². The summed E-state index contributed by atoms with van der Waals surface area (Å²) >= 11 is 3.14. The second kappa shape index (κ2) is 8.91. The number of amides is 1. The molecule has 3 rings (SSSR count). The molecule has 0 saturated heterocycles. The van der Waals surface area contributed by atoms with Crippen molar-refractivity contribution in [3.05, 3.63) is 45.8 Å². The second-order valence-corrected chi connectivity index (χ2v) is 8.92. The molecule has 7 heteroatoms. The summed E-state index contributed by atoms with van der Waals surface area (Å²) in [7, 11) is 3.44. The predicted octanol–water partition coefficient (Wildman–Crippen LogP) is 3.95. The van der Waals surface area contributed by atoms with Crippen molar-refractivity contribution in [1.29, 1.82) is 0 Å². The number of anilines is 1. The summed E-state index contributed by atoms with van der Waals surface area (Å²) < 4.78 is 4.96. The third kappa shape index (κ3) is 4.91. The summed E-state index contributed by atoms with van der Waals surface area (Å²) in [6, 6.07) is 8.27. The predicted molar refractivity (Wildman–Crippen MR) is 111 cm³/mol. The first-order valence-corrected chi connectivity index (χ1v) is 10.7. The van der Waals surface area contributed by atoms with Crippen molar-refractivity contribution >= 4 is 40.0 Å². The fraction of sp³-hybridized carbons (Fsp3) is 0.400. The molecule has 1 aliphatic heterocycles. The lowest BCUT2D eigenvalue weighted by atomic mass is 10.0. The minimum absolute atomic E-state index is 0.0771. The summed E-state index contributed by atoms with van der Waals surface area (Å²) in [5.41, 5.74) is 2.78. The minimum Gasteiger partial charge on any atom is -0.465 e. The average molecular weight is 405 g/mol. The lowest BCUT2D eigenvalue weighted by Crippen LogP contribution is -2.26. The molecule has 0 radical (unpaired) electrons. The molecule has 5 nitrogen and oxygen atoms in total. The van der Waals surface area contributed by atoms with Crippen LogP contribution in [0.1, 0.15) is 32.8 Å². The molecule has 1 aromatic heterocycles. The van der Waals surface area contributed by atoms with Gasteiger partial charge in [0.15, 0.2) is 0 Å². The number of carbonyl (C=O) groups excluding carboxylic acids is 2. The Morgan fingerprint density at radius 3 is 2.74 bits per heavy atom. The SMILES string of the molecule is COC(=O)c1c(NC(=O)CCSc2ccc(C)cc2)sc2c1CCN(C)C2. The summed E-state index contributed by atoms with van der Waals surface area (Å²) in [5.74, 6) is 0.240. The molecule has 0 unspecified atom stereocenters. The Balaban J connectivity index is 1.64. The standard InChI is InChI=1S/C20H24N2O3S2/c1-13-4-6-14(7-5-13)26-11-9-17(23)21-19-18(20(24)25-3)15-8-10-22(2)12-16(15)27-19/h4-7H,8-12H2,1-3H3,(H,21,23). The van der Waals surface area contributed by atoms with Crippen molar-refractivity contribution in [2.24, 2.45) is 0 Å². The first-order chi connectivity index (χ1) is 13.0. The van der Waals surface area contributed by atoms with Crippen LogP contribution in [-0.4, -0.2) is 43.2 Å². The molecule has 1 aliphatic rings. The van der Waals surface area contributed by atoms with Gasteiger partial charge in [0.1, 0.15) is 5.00 Å². The topological polar surface area (TPSA) is 58.6 Å². The van der Waals surface area contributed by atoms with Crippen LogP contribution in [0.2, 0.25) is 0 Å². The monoisotopic (exact) mass is 404 g/mol. The van der Waals surface area contributed by atoms with E-state index >= 15 is 0 Å². The zero-order valence-corrected chi connectivity index (χ0v) is 17.5. The number of esters is 1. The van der Waals surface area contributed by atoms with Gasteiger partial charge >= 0.3 is 5.97 Å². The molecule has 2 heterocycles. The average Bonchev–Trinajstić information content (AvgIpc) is 2.99.